The molecule has 0 unspecified atom stereocenters. The number of aromatic nitrogens is 2. The maximum absolute atomic E-state index is 12.2. The number of esters is 1. The van der Waals surface area contributed by atoms with Crippen molar-refractivity contribution in [3.05, 3.63) is 45.5 Å². The van der Waals surface area contributed by atoms with Crippen LogP contribution in [0.25, 0.3) is 0 Å². The summed E-state index contributed by atoms with van der Waals surface area (Å²) in [5, 5.41) is 7.48. The lowest BCUT2D eigenvalue weighted by atomic mass is 10.2. The number of benzene rings is 1. The molecule has 0 radical (unpaired) electrons. The van der Waals surface area contributed by atoms with E-state index < -0.39 is 5.97 Å². The van der Waals surface area contributed by atoms with Gasteiger partial charge in [0.15, 0.2) is 0 Å². The molecule has 1 fully saturated rings. The number of aryl methyl sites for hydroxylation is 1. The molecule has 1 aromatic heterocycles. The van der Waals surface area contributed by atoms with Gasteiger partial charge in [0.1, 0.15) is 0 Å². The highest BCUT2D eigenvalue weighted by Crippen LogP contribution is 2.23. The van der Waals surface area contributed by atoms with Crippen molar-refractivity contribution < 1.29 is 23.6 Å². The van der Waals surface area contributed by atoms with E-state index in [1.807, 2.05) is 12.1 Å². The van der Waals surface area contributed by atoms with Gasteiger partial charge in [0, 0.05) is 39.0 Å². The Morgan fingerprint density at radius 1 is 1.32 bits per heavy atom. The number of nitrogens with one attached hydrogen (secondary N) is 1. The number of hydrogen-bond donors (Lipinski definition) is 1. The van der Waals surface area contributed by atoms with E-state index in [4.69, 9.17) is 37.2 Å². The van der Waals surface area contributed by atoms with Gasteiger partial charge in [0.2, 0.25) is 11.8 Å². The molecule has 11 heteroatoms. The quantitative estimate of drug-likeness (QED) is 0.556. The first-order valence-electron chi connectivity index (χ1n) is 9.99. The normalized spacial score (nSPS) is 16.8. The van der Waals surface area contributed by atoms with E-state index in [-0.39, 0.29) is 43.2 Å². The number of carbonyl (C=O) groups excluding carboxylic acids is 2. The Morgan fingerprint density at radius 2 is 2.16 bits per heavy atom. The SMILES string of the molecule is CCOC(=O)c1noc(CCC(=O)NC[C@H]2CN(Cc3ccc(Cl)c(Cl)c3)CCO2)n1. The highest BCUT2D eigenvalue weighted by molar-refractivity contribution is 6.42. The van der Waals surface area contributed by atoms with E-state index in [1.165, 1.54) is 0 Å². The third kappa shape index (κ3) is 7.17. The molecule has 1 amide bonds. The summed E-state index contributed by atoms with van der Waals surface area (Å²) >= 11 is 12.1. The second-order valence-corrected chi connectivity index (χ2v) is 7.83. The fourth-order valence-electron chi connectivity index (χ4n) is 3.12. The van der Waals surface area contributed by atoms with Gasteiger partial charge in [-0.2, -0.15) is 4.98 Å². The van der Waals surface area contributed by atoms with Gasteiger partial charge in [-0.1, -0.05) is 29.3 Å². The molecule has 0 bridgehead atoms. The van der Waals surface area contributed by atoms with Crippen molar-refractivity contribution in [1.29, 1.82) is 0 Å². The maximum Gasteiger partial charge on any atom is 0.379 e. The van der Waals surface area contributed by atoms with Gasteiger partial charge in [0.05, 0.1) is 29.4 Å². The molecule has 1 aliphatic heterocycles. The van der Waals surface area contributed by atoms with Gasteiger partial charge >= 0.3 is 5.97 Å². The number of morpholine rings is 1. The summed E-state index contributed by atoms with van der Waals surface area (Å²) in [6.07, 6.45) is 0.275. The number of nitrogens with zero attached hydrogens (tertiary/aromatic N) is 3. The summed E-state index contributed by atoms with van der Waals surface area (Å²) < 4.78 is 15.5. The van der Waals surface area contributed by atoms with Crippen molar-refractivity contribution >= 4 is 35.1 Å². The molecular formula is C20H24Cl2N4O5. The number of halogens is 2. The number of ether oxygens (including phenoxy) is 2. The number of rotatable bonds is 9. The summed E-state index contributed by atoms with van der Waals surface area (Å²) in [6.45, 7) is 5.10. The van der Waals surface area contributed by atoms with Crippen LogP contribution in [-0.2, 0) is 27.2 Å². The molecule has 1 N–H and O–H groups in total. The van der Waals surface area contributed by atoms with Gasteiger partial charge in [0.25, 0.3) is 5.82 Å². The van der Waals surface area contributed by atoms with Crippen molar-refractivity contribution in [3.63, 3.8) is 0 Å². The van der Waals surface area contributed by atoms with Crippen LogP contribution < -0.4 is 5.32 Å². The van der Waals surface area contributed by atoms with Gasteiger partial charge < -0.3 is 19.3 Å². The maximum atomic E-state index is 12.2. The Labute approximate surface area is 190 Å². The molecule has 31 heavy (non-hydrogen) atoms. The van der Waals surface area contributed by atoms with Crippen LogP contribution in [0.5, 0.6) is 0 Å². The number of amides is 1. The van der Waals surface area contributed by atoms with E-state index in [2.05, 4.69) is 20.4 Å². The van der Waals surface area contributed by atoms with Gasteiger partial charge in [-0.3, -0.25) is 9.69 Å². The lowest BCUT2D eigenvalue weighted by molar-refractivity contribution is -0.122. The topological polar surface area (TPSA) is 107 Å². The molecule has 2 aromatic rings. The van der Waals surface area contributed by atoms with Crippen LogP contribution in [0.2, 0.25) is 10.0 Å². The molecule has 168 valence electrons. The van der Waals surface area contributed by atoms with Crippen molar-refractivity contribution in [2.24, 2.45) is 0 Å². The van der Waals surface area contributed by atoms with Gasteiger partial charge in [-0.15, -0.1) is 0 Å². The van der Waals surface area contributed by atoms with Crippen LogP contribution in [-0.4, -0.2) is 65.9 Å². The van der Waals surface area contributed by atoms with E-state index >= 15 is 0 Å². The Kier molecular flexibility index (Phi) is 8.65. The molecule has 1 atom stereocenters. The molecule has 1 saturated heterocycles. The third-order valence-electron chi connectivity index (χ3n) is 4.63. The smallest absolute Gasteiger partial charge is 0.379 e. The molecule has 0 spiro atoms. The zero-order valence-corrected chi connectivity index (χ0v) is 18.6. The minimum atomic E-state index is -0.651. The molecule has 0 saturated carbocycles. The number of carbonyl (C=O) groups is 2. The van der Waals surface area contributed by atoms with E-state index in [0.717, 1.165) is 18.7 Å². The lowest BCUT2D eigenvalue weighted by Crippen LogP contribution is -2.47. The first kappa shape index (κ1) is 23.5. The summed E-state index contributed by atoms with van der Waals surface area (Å²) in [7, 11) is 0. The van der Waals surface area contributed by atoms with Crippen molar-refractivity contribution in [1.82, 2.24) is 20.4 Å². The molecule has 1 aromatic carbocycles. The monoisotopic (exact) mass is 470 g/mol. The summed E-state index contributed by atoms with van der Waals surface area (Å²) in [4.78, 5) is 29.9. The predicted octanol–water partition coefficient (Wildman–Crippen LogP) is 2.50. The highest BCUT2D eigenvalue weighted by Gasteiger charge is 2.22. The predicted molar refractivity (Wildman–Crippen MR) is 113 cm³/mol. The molecule has 2 heterocycles. The molecule has 1 aliphatic rings. The van der Waals surface area contributed by atoms with Crippen molar-refractivity contribution in [2.75, 3.05) is 32.8 Å². The fraction of sp³-hybridized carbons (Fsp3) is 0.500. The lowest BCUT2D eigenvalue weighted by Gasteiger charge is -2.33. The van der Waals surface area contributed by atoms with Crippen LogP contribution in [0, 0.1) is 0 Å². The fourth-order valence-corrected chi connectivity index (χ4v) is 3.44. The first-order chi connectivity index (χ1) is 14.9. The van der Waals surface area contributed by atoms with Crippen molar-refractivity contribution in [3.8, 4) is 0 Å². The van der Waals surface area contributed by atoms with Gasteiger partial charge in [-0.05, 0) is 29.8 Å². The third-order valence-corrected chi connectivity index (χ3v) is 5.37. The second-order valence-electron chi connectivity index (χ2n) is 7.01. The van der Waals surface area contributed by atoms with E-state index in [0.29, 0.717) is 29.7 Å². The average Bonchev–Trinajstić information content (AvgIpc) is 3.23. The van der Waals surface area contributed by atoms with Crippen LogP contribution in [0.4, 0.5) is 0 Å². The number of hydrogen-bond acceptors (Lipinski definition) is 8. The Balaban J connectivity index is 1.39. The minimum absolute atomic E-state index is 0.112. The first-order valence-corrected chi connectivity index (χ1v) is 10.7. The zero-order valence-electron chi connectivity index (χ0n) is 17.1. The van der Waals surface area contributed by atoms with Crippen LogP contribution in [0.3, 0.4) is 0 Å². The molecule has 3 rings (SSSR count). The second kappa shape index (κ2) is 11.4. The summed E-state index contributed by atoms with van der Waals surface area (Å²) in [5.41, 5.74) is 1.07. The zero-order chi connectivity index (χ0) is 22.2. The van der Waals surface area contributed by atoms with Crippen LogP contribution >= 0.6 is 23.2 Å². The van der Waals surface area contributed by atoms with Gasteiger partial charge in [-0.25, -0.2) is 4.79 Å². The Bertz CT molecular complexity index is 907. The summed E-state index contributed by atoms with van der Waals surface area (Å²) in [5.74, 6) is -0.752. The van der Waals surface area contributed by atoms with E-state index in [9.17, 15) is 9.59 Å². The minimum Gasteiger partial charge on any atom is -0.460 e. The largest absolute Gasteiger partial charge is 0.460 e. The summed E-state index contributed by atoms with van der Waals surface area (Å²) in [6, 6.07) is 5.60. The highest BCUT2D eigenvalue weighted by atomic mass is 35.5. The van der Waals surface area contributed by atoms with Crippen molar-refractivity contribution in [2.45, 2.75) is 32.4 Å². The standard InChI is InChI=1S/C20H24Cl2N4O5/c1-2-29-20(28)19-24-18(31-25-19)6-5-17(27)23-10-14-12-26(7-8-30-14)11-13-3-4-15(21)16(22)9-13/h3-4,9,14H,2,5-8,10-12H2,1H3,(H,23,27)/t14-/m0/s1. The molecular weight excluding hydrogens is 447 g/mol. The Hall–Kier alpha value is -2.20. The van der Waals surface area contributed by atoms with Crippen LogP contribution in [0.15, 0.2) is 22.7 Å². The molecule has 9 nitrogen and oxygen atoms in total. The average molecular weight is 471 g/mol. The van der Waals surface area contributed by atoms with Crippen LogP contribution in [0.1, 0.15) is 35.4 Å². The molecule has 0 aliphatic carbocycles. The Morgan fingerprint density at radius 3 is 2.94 bits per heavy atom. The van der Waals surface area contributed by atoms with E-state index in [1.54, 1.807) is 13.0 Å².